The van der Waals surface area contributed by atoms with Gasteiger partial charge in [-0.25, -0.2) is 9.59 Å². The lowest BCUT2D eigenvalue weighted by Crippen LogP contribution is -2.52. The fourth-order valence-electron chi connectivity index (χ4n) is 2.07. The summed E-state index contributed by atoms with van der Waals surface area (Å²) in [5, 5.41) is 0. The summed E-state index contributed by atoms with van der Waals surface area (Å²) >= 11 is 0. The van der Waals surface area contributed by atoms with E-state index in [2.05, 4.69) is 0 Å². The van der Waals surface area contributed by atoms with Crippen molar-refractivity contribution in [3.63, 3.8) is 0 Å². The van der Waals surface area contributed by atoms with Gasteiger partial charge in [0.2, 0.25) is 0 Å². The van der Waals surface area contributed by atoms with E-state index in [-0.39, 0.29) is 5.97 Å². The lowest BCUT2D eigenvalue weighted by Gasteiger charge is -2.34. The number of nitrogens with zero attached hydrogens (tertiary/aromatic N) is 1. The molecule has 18 heavy (non-hydrogen) atoms. The number of esters is 1. The largest absolute Gasteiger partial charge is 0.464 e. The molecule has 0 aliphatic carbocycles. The molecule has 5 nitrogen and oxygen atoms in total. The van der Waals surface area contributed by atoms with E-state index in [0.717, 1.165) is 6.42 Å². The van der Waals surface area contributed by atoms with Gasteiger partial charge in [-0.15, -0.1) is 0 Å². The first-order valence-electron chi connectivity index (χ1n) is 6.38. The molecule has 104 valence electrons. The minimum Gasteiger partial charge on any atom is -0.464 e. The SMILES string of the molecule is CCOC(=O)[C@@]1(C)CCCN1C(=O)OC(C)(C)C. The predicted octanol–water partition coefficient (Wildman–Crippen LogP) is 2.34. The highest BCUT2D eigenvalue weighted by atomic mass is 16.6. The van der Waals surface area contributed by atoms with E-state index in [1.54, 1.807) is 13.8 Å². The summed E-state index contributed by atoms with van der Waals surface area (Å²) in [5.74, 6) is -0.353. The third-order valence-electron chi connectivity index (χ3n) is 2.97. The monoisotopic (exact) mass is 257 g/mol. The fourth-order valence-corrected chi connectivity index (χ4v) is 2.07. The van der Waals surface area contributed by atoms with E-state index < -0.39 is 17.2 Å². The Bertz CT molecular complexity index is 334. The van der Waals surface area contributed by atoms with Crippen LogP contribution < -0.4 is 0 Å². The van der Waals surface area contributed by atoms with Crippen LogP contribution in [0.1, 0.15) is 47.5 Å². The Morgan fingerprint density at radius 2 is 1.94 bits per heavy atom. The van der Waals surface area contributed by atoms with Gasteiger partial charge in [-0.2, -0.15) is 0 Å². The van der Waals surface area contributed by atoms with Crippen molar-refractivity contribution < 1.29 is 19.1 Å². The van der Waals surface area contributed by atoms with Gasteiger partial charge in [-0.1, -0.05) is 0 Å². The molecule has 0 N–H and O–H groups in total. The lowest BCUT2D eigenvalue weighted by atomic mass is 9.99. The van der Waals surface area contributed by atoms with Crippen LogP contribution in [0.5, 0.6) is 0 Å². The van der Waals surface area contributed by atoms with E-state index in [0.29, 0.717) is 19.6 Å². The molecule has 0 spiro atoms. The molecule has 0 aromatic carbocycles. The van der Waals surface area contributed by atoms with Gasteiger partial charge in [0.15, 0.2) is 0 Å². The van der Waals surface area contributed by atoms with E-state index in [4.69, 9.17) is 9.47 Å². The van der Waals surface area contributed by atoms with Crippen LogP contribution >= 0.6 is 0 Å². The summed E-state index contributed by atoms with van der Waals surface area (Å²) in [7, 11) is 0. The number of rotatable bonds is 2. The number of carbonyl (C=O) groups excluding carboxylic acids is 2. The molecule has 1 fully saturated rings. The molecule has 0 saturated carbocycles. The normalized spacial score (nSPS) is 23.9. The Kier molecular flexibility index (Phi) is 4.24. The Labute approximate surface area is 108 Å². The average Bonchev–Trinajstić information content (AvgIpc) is 2.59. The first kappa shape index (κ1) is 14.8. The van der Waals surface area contributed by atoms with Crippen LogP contribution in [0.2, 0.25) is 0 Å². The van der Waals surface area contributed by atoms with Crippen LogP contribution in [-0.4, -0.2) is 41.3 Å². The van der Waals surface area contributed by atoms with Gasteiger partial charge in [0.1, 0.15) is 11.1 Å². The highest BCUT2D eigenvalue weighted by molar-refractivity contribution is 5.86. The summed E-state index contributed by atoms with van der Waals surface area (Å²) in [5.41, 5.74) is -1.45. The van der Waals surface area contributed by atoms with Crippen molar-refractivity contribution in [2.24, 2.45) is 0 Å². The standard InChI is InChI=1S/C13H23NO4/c1-6-17-10(15)13(5)8-7-9-14(13)11(16)18-12(2,3)4/h6-9H2,1-5H3/t13-/m1/s1. The van der Waals surface area contributed by atoms with Crippen molar-refractivity contribution in [1.29, 1.82) is 0 Å². The van der Waals surface area contributed by atoms with Crippen LogP contribution in [0, 0.1) is 0 Å². The molecule has 1 saturated heterocycles. The predicted molar refractivity (Wildman–Crippen MR) is 67.2 cm³/mol. The second-order valence-electron chi connectivity index (χ2n) is 5.73. The van der Waals surface area contributed by atoms with Crippen molar-refractivity contribution in [1.82, 2.24) is 4.90 Å². The fraction of sp³-hybridized carbons (Fsp3) is 0.846. The van der Waals surface area contributed by atoms with Crippen molar-refractivity contribution in [2.75, 3.05) is 13.2 Å². The molecule has 1 aliphatic rings. The van der Waals surface area contributed by atoms with Gasteiger partial charge in [0.25, 0.3) is 0 Å². The van der Waals surface area contributed by atoms with Crippen molar-refractivity contribution >= 4 is 12.1 Å². The van der Waals surface area contributed by atoms with Crippen LogP contribution in [0.3, 0.4) is 0 Å². The van der Waals surface area contributed by atoms with Gasteiger partial charge in [0.05, 0.1) is 6.61 Å². The molecule has 1 rings (SSSR count). The number of carbonyl (C=O) groups is 2. The highest BCUT2D eigenvalue weighted by Gasteiger charge is 2.48. The molecule has 0 radical (unpaired) electrons. The topological polar surface area (TPSA) is 55.8 Å². The van der Waals surface area contributed by atoms with Crippen molar-refractivity contribution in [2.45, 2.75) is 58.6 Å². The summed E-state index contributed by atoms with van der Waals surface area (Å²) < 4.78 is 10.4. The summed E-state index contributed by atoms with van der Waals surface area (Å²) in [4.78, 5) is 25.5. The maximum atomic E-state index is 12.1. The third-order valence-corrected chi connectivity index (χ3v) is 2.97. The van der Waals surface area contributed by atoms with Crippen molar-refractivity contribution in [3.8, 4) is 0 Å². The minimum absolute atomic E-state index is 0.316. The second-order valence-corrected chi connectivity index (χ2v) is 5.73. The maximum absolute atomic E-state index is 12.1. The zero-order chi connectivity index (χ0) is 14.0. The molecule has 5 heteroatoms. The third kappa shape index (κ3) is 3.15. The number of hydrogen-bond donors (Lipinski definition) is 0. The number of likely N-dealkylation sites (tertiary alicyclic amines) is 1. The van der Waals surface area contributed by atoms with E-state index in [1.807, 2.05) is 20.8 Å². The summed E-state index contributed by atoms with van der Waals surface area (Å²) in [6.07, 6.45) is 0.954. The Balaban J connectivity index is 2.81. The molecular weight excluding hydrogens is 234 g/mol. The zero-order valence-electron chi connectivity index (χ0n) is 11.9. The van der Waals surface area contributed by atoms with E-state index in [1.165, 1.54) is 4.90 Å². The van der Waals surface area contributed by atoms with Crippen molar-refractivity contribution in [3.05, 3.63) is 0 Å². The van der Waals surface area contributed by atoms with E-state index >= 15 is 0 Å². The average molecular weight is 257 g/mol. The zero-order valence-corrected chi connectivity index (χ0v) is 11.9. The number of hydrogen-bond acceptors (Lipinski definition) is 4. The van der Waals surface area contributed by atoms with Gasteiger partial charge in [-0.05, 0) is 47.5 Å². The van der Waals surface area contributed by atoms with Crippen LogP contribution in [0.4, 0.5) is 4.79 Å². The first-order valence-corrected chi connectivity index (χ1v) is 6.38. The molecule has 0 aromatic heterocycles. The quantitative estimate of drug-likeness (QED) is 0.712. The minimum atomic E-state index is -0.891. The van der Waals surface area contributed by atoms with Crippen LogP contribution in [-0.2, 0) is 14.3 Å². The second kappa shape index (κ2) is 5.16. The lowest BCUT2D eigenvalue weighted by molar-refractivity contribution is -0.154. The molecule has 1 amide bonds. The number of ether oxygens (including phenoxy) is 2. The van der Waals surface area contributed by atoms with Crippen LogP contribution in [0.25, 0.3) is 0 Å². The van der Waals surface area contributed by atoms with Crippen LogP contribution in [0.15, 0.2) is 0 Å². The molecule has 1 atom stereocenters. The molecule has 1 aliphatic heterocycles. The Hall–Kier alpha value is -1.26. The molecule has 0 bridgehead atoms. The summed E-state index contributed by atoms with van der Waals surface area (Å²) in [6, 6.07) is 0. The van der Waals surface area contributed by atoms with E-state index in [9.17, 15) is 9.59 Å². The number of amides is 1. The highest BCUT2D eigenvalue weighted by Crippen LogP contribution is 2.31. The first-order chi connectivity index (χ1) is 8.20. The Morgan fingerprint density at radius 3 is 2.44 bits per heavy atom. The van der Waals surface area contributed by atoms with Gasteiger partial charge in [-0.3, -0.25) is 4.90 Å². The van der Waals surface area contributed by atoms with Gasteiger partial charge in [0, 0.05) is 6.54 Å². The molecule has 0 unspecified atom stereocenters. The molecule has 1 heterocycles. The maximum Gasteiger partial charge on any atom is 0.411 e. The molecule has 0 aromatic rings. The summed E-state index contributed by atoms with van der Waals surface area (Å²) in [6.45, 7) is 9.77. The van der Waals surface area contributed by atoms with Gasteiger partial charge >= 0.3 is 12.1 Å². The smallest absolute Gasteiger partial charge is 0.411 e. The Morgan fingerprint density at radius 1 is 1.33 bits per heavy atom. The molecular formula is C13H23NO4. The van der Waals surface area contributed by atoms with Gasteiger partial charge < -0.3 is 9.47 Å².